The van der Waals surface area contributed by atoms with E-state index in [1.807, 2.05) is 18.2 Å². The van der Waals surface area contributed by atoms with Crippen molar-refractivity contribution < 1.29 is 18.3 Å². The fourth-order valence-corrected chi connectivity index (χ4v) is 3.68. The zero-order valence-electron chi connectivity index (χ0n) is 16.6. The van der Waals surface area contributed by atoms with Crippen LogP contribution < -0.4 is 10.1 Å². The lowest BCUT2D eigenvalue weighted by Crippen LogP contribution is -2.49. The molecule has 1 amide bonds. The summed E-state index contributed by atoms with van der Waals surface area (Å²) in [7, 11) is 0. The molecule has 1 fully saturated rings. The molecule has 0 bridgehead atoms. The third kappa shape index (κ3) is 3.81. The summed E-state index contributed by atoms with van der Waals surface area (Å²) >= 11 is 0. The third-order valence-corrected chi connectivity index (χ3v) is 5.17. The van der Waals surface area contributed by atoms with Gasteiger partial charge in [0.15, 0.2) is 0 Å². The Morgan fingerprint density at radius 2 is 1.90 bits per heavy atom. The van der Waals surface area contributed by atoms with E-state index in [0.29, 0.717) is 18.4 Å². The normalized spacial score (nSPS) is 19.1. The number of rotatable bonds is 4. The van der Waals surface area contributed by atoms with E-state index in [0.717, 1.165) is 5.52 Å². The Morgan fingerprint density at radius 3 is 2.55 bits per heavy atom. The standard InChI is InChI=1S/C22H23F2N3O2/c1-22(2,3)20-17(23)10-15(11-18(20)24)29-14-8-13(9-14)26-21(28)16-12-25-27-7-5-4-6-19(16)27/h4-7,10-14H,8-9H2,1-3H3,(H,26,28). The van der Waals surface area contributed by atoms with Crippen LogP contribution in [0, 0.1) is 11.6 Å². The molecule has 0 spiro atoms. The molecule has 152 valence electrons. The lowest BCUT2D eigenvalue weighted by Gasteiger charge is -2.36. The van der Waals surface area contributed by atoms with Crippen LogP contribution in [0.15, 0.2) is 42.7 Å². The first-order valence-electron chi connectivity index (χ1n) is 9.62. The molecular formula is C22H23F2N3O2. The molecule has 29 heavy (non-hydrogen) atoms. The minimum atomic E-state index is -0.628. The molecule has 1 saturated carbocycles. The highest BCUT2D eigenvalue weighted by molar-refractivity contribution is 6.00. The average molecular weight is 399 g/mol. The third-order valence-electron chi connectivity index (χ3n) is 5.17. The van der Waals surface area contributed by atoms with Crippen molar-refractivity contribution in [3.63, 3.8) is 0 Å². The quantitative estimate of drug-likeness (QED) is 0.714. The highest BCUT2D eigenvalue weighted by Gasteiger charge is 2.33. The van der Waals surface area contributed by atoms with E-state index in [4.69, 9.17) is 4.74 Å². The molecule has 1 aliphatic rings. The van der Waals surface area contributed by atoms with Crippen LogP contribution in [0.2, 0.25) is 0 Å². The molecule has 4 rings (SSSR count). The van der Waals surface area contributed by atoms with Gasteiger partial charge in [-0.15, -0.1) is 0 Å². The summed E-state index contributed by atoms with van der Waals surface area (Å²) in [5.41, 5.74) is 0.673. The second kappa shape index (κ2) is 7.13. The number of carbonyl (C=O) groups is 1. The number of aromatic nitrogens is 2. The van der Waals surface area contributed by atoms with Gasteiger partial charge in [0.1, 0.15) is 23.5 Å². The van der Waals surface area contributed by atoms with Gasteiger partial charge in [0.25, 0.3) is 5.91 Å². The molecule has 0 radical (unpaired) electrons. The number of nitrogens with zero attached hydrogens (tertiary/aromatic N) is 2. The Kier molecular flexibility index (Phi) is 4.76. The summed E-state index contributed by atoms with van der Waals surface area (Å²) in [6, 6.07) is 7.94. The summed E-state index contributed by atoms with van der Waals surface area (Å²) < 4.78 is 36.0. The Morgan fingerprint density at radius 1 is 1.21 bits per heavy atom. The summed E-state index contributed by atoms with van der Waals surface area (Å²) in [4.78, 5) is 12.5. The molecule has 1 aromatic carbocycles. The van der Waals surface area contributed by atoms with Gasteiger partial charge in [0.05, 0.1) is 17.3 Å². The maximum atomic E-state index is 14.3. The van der Waals surface area contributed by atoms with Crippen LogP contribution in [0.5, 0.6) is 5.75 Å². The first-order chi connectivity index (χ1) is 13.7. The van der Waals surface area contributed by atoms with E-state index in [-0.39, 0.29) is 29.4 Å². The number of amides is 1. The first kappa shape index (κ1) is 19.4. The lowest BCUT2D eigenvalue weighted by molar-refractivity contribution is 0.0699. The van der Waals surface area contributed by atoms with E-state index >= 15 is 0 Å². The van der Waals surface area contributed by atoms with Crippen molar-refractivity contribution in [2.45, 2.75) is 51.2 Å². The van der Waals surface area contributed by atoms with Gasteiger partial charge in [0.2, 0.25) is 0 Å². The van der Waals surface area contributed by atoms with Crippen LogP contribution in [0.1, 0.15) is 49.5 Å². The number of fused-ring (bicyclic) bond motifs is 1. The summed E-state index contributed by atoms with van der Waals surface area (Å²) in [6.07, 6.45) is 4.29. The predicted molar refractivity (Wildman–Crippen MR) is 105 cm³/mol. The van der Waals surface area contributed by atoms with E-state index < -0.39 is 17.0 Å². The van der Waals surface area contributed by atoms with Gasteiger partial charge in [-0.3, -0.25) is 4.79 Å². The number of carbonyl (C=O) groups excluding carboxylic acids is 1. The fraction of sp³-hybridized carbons (Fsp3) is 0.364. The van der Waals surface area contributed by atoms with Gasteiger partial charge < -0.3 is 10.1 Å². The van der Waals surface area contributed by atoms with Crippen LogP contribution in [0.4, 0.5) is 8.78 Å². The molecular weight excluding hydrogens is 376 g/mol. The second-order valence-electron chi connectivity index (χ2n) is 8.48. The monoisotopic (exact) mass is 399 g/mol. The number of benzene rings is 1. The number of ether oxygens (including phenoxy) is 1. The molecule has 0 unspecified atom stereocenters. The molecule has 0 saturated heterocycles. The van der Waals surface area contributed by atoms with Crippen LogP contribution in [0.3, 0.4) is 0 Å². The van der Waals surface area contributed by atoms with Crippen molar-refractivity contribution in [1.82, 2.24) is 14.9 Å². The highest BCUT2D eigenvalue weighted by atomic mass is 19.1. The molecule has 5 nitrogen and oxygen atoms in total. The Bertz CT molecular complexity index is 1040. The topological polar surface area (TPSA) is 55.6 Å². The molecule has 2 heterocycles. The van der Waals surface area contributed by atoms with Crippen molar-refractivity contribution in [2.24, 2.45) is 0 Å². The Balaban J connectivity index is 1.35. The van der Waals surface area contributed by atoms with Gasteiger partial charge in [-0.05, 0) is 17.5 Å². The zero-order valence-corrected chi connectivity index (χ0v) is 16.6. The smallest absolute Gasteiger partial charge is 0.255 e. The zero-order chi connectivity index (χ0) is 20.8. The van der Waals surface area contributed by atoms with Crippen LogP contribution in [-0.4, -0.2) is 27.7 Å². The van der Waals surface area contributed by atoms with Crippen molar-refractivity contribution in [3.8, 4) is 5.75 Å². The summed E-state index contributed by atoms with van der Waals surface area (Å²) in [5, 5.41) is 7.12. The molecule has 3 aromatic rings. The van der Waals surface area contributed by atoms with Gasteiger partial charge in [-0.25, -0.2) is 13.3 Å². The van der Waals surface area contributed by atoms with Gasteiger partial charge in [-0.2, -0.15) is 5.10 Å². The van der Waals surface area contributed by atoms with Gasteiger partial charge in [-0.1, -0.05) is 26.8 Å². The van der Waals surface area contributed by atoms with E-state index in [2.05, 4.69) is 10.4 Å². The van der Waals surface area contributed by atoms with Crippen LogP contribution in [-0.2, 0) is 5.41 Å². The van der Waals surface area contributed by atoms with Crippen LogP contribution in [0.25, 0.3) is 5.52 Å². The van der Waals surface area contributed by atoms with Crippen LogP contribution >= 0.6 is 0 Å². The second-order valence-corrected chi connectivity index (χ2v) is 8.48. The van der Waals surface area contributed by atoms with E-state index in [1.54, 1.807) is 37.7 Å². The molecule has 1 aliphatic carbocycles. The summed E-state index contributed by atoms with van der Waals surface area (Å²) in [6.45, 7) is 5.29. The average Bonchev–Trinajstić information content (AvgIpc) is 3.02. The SMILES string of the molecule is CC(C)(C)c1c(F)cc(OC2CC(NC(=O)c3cnn4ccccc34)C2)cc1F. The number of hydrogen-bond donors (Lipinski definition) is 1. The minimum absolute atomic E-state index is 0.0466. The number of nitrogens with one attached hydrogen (secondary N) is 1. The lowest BCUT2D eigenvalue weighted by atomic mass is 9.86. The first-order valence-corrected chi connectivity index (χ1v) is 9.62. The van der Waals surface area contributed by atoms with E-state index in [9.17, 15) is 13.6 Å². The van der Waals surface area contributed by atoms with Crippen molar-refractivity contribution in [2.75, 3.05) is 0 Å². The molecule has 0 aliphatic heterocycles. The van der Waals surface area contributed by atoms with Crippen molar-refractivity contribution >= 4 is 11.4 Å². The van der Waals surface area contributed by atoms with E-state index in [1.165, 1.54) is 12.1 Å². The number of halogens is 2. The van der Waals surface area contributed by atoms with Gasteiger partial charge in [0, 0.05) is 42.8 Å². The Hall–Kier alpha value is -2.96. The number of hydrogen-bond acceptors (Lipinski definition) is 3. The molecule has 7 heteroatoms. The summed E-state index contributed by atoms with van der Waals surface area (Å²) in [5.74, 6) is -1.24. The fourth-order valence-electron chi connectivity index (χ4n) is 3.68. The maximum absolute atomic E-state index is 14.3. The number of pyridine rings is 1. The van der Waals surface area contributed by atoms with Gasteiger partial charge >= 0.3 is 0 Å². The predicted octanol–water partition coefficient (Wildman–Crippen LogP) is 4.25. The van der Waals surface area contributed by atoms with Crippen molar-refractivity contribution in [1.29, 1.82) is 0 Å². The molecule has 0 atom stereocenters. The van der Waals surface area contributed by atoms with Crippen molar-refractivity contribution in [3.05, 3.63) is 65.5 Å². The minimum Gasteiger partial charge on any atom is -0.490 e. The highest BCUT2D eigenvalue weighted by Crippen LogP contribution is 2.33. The largest absolute Gasteiger partial charge is 0.490 e. The molecule has 2 aromatic heterocycles. The Labute approximate surface area is 167 Å². The molecule has 1 N–H and O–H groups in total. The maximum Gasteiger partial charge on any atom is 0.255 e.